The lowest BCUT2D eigenvalue weighted by Gasteiger charge is -2.44. The fourth-order valence-electron chi connectivity index (χ4n) is 3.37. The first-order chi connectivity index (χ1) is 10.5. The standard InChI is InChI=1S/C19H24N2O/c1-4-5-6-7-17-10-15-12-19(22)13-21(14(2)3)9-8-16(19)11-18(15)20-17/h4-10,16,20,22H,2,11-13H2,1,3H3/b5-4-,7-6-. The van der Waals surface area contributed by atoms with Crippen molar-refractivity contribution in [1.29, 1.82) is 0 Å². The van der Waals surface area contributed by atoms with Crippen molar-refractivity contribution < 1.29 is 5.11 Å². The van der Waals surface area contributed by atoms with E-state index in [1.165, 1.54) is 11.3 Å². The third-order valence-electron chi connectivity index (χ3n) is 4.64. The summed E-state index contributed by atoms with van der Waals surface area (Å²) in [5.41, 5.74) is 3.86. The lowest BCUT2D eigenvalue weighted by atomic mass is 9.73. The molecule has 2 heterocycles. The molecule has 0 saturated carbocycles. The minimum Gasteiger partial charge on any atom is -0.387 e. The molecule has 0 bridgehead atoms. The molecule has 0 amide bonds. The maximum Gasteiger partial charge on any atom is 0.0932 e. The second-order valence-electron chi connectivity index (χ2n) is 6.41. The van der Waals surface area contributed by atoms with Gasteiger partial charge >= 0.3 is 0 Å². The Morgan fingerprint density at radius 2 is 2.32 bits per heavy atom. The molecule has 2 N–H and O–H groups in total. The summed E-state index contributed by atoms with van der Waals surface area (Å²) in [4.78, 5) is 5.52. The van der Waals surface area contributed by atoms with Crippen LogP contribution in [0.3, 0.4) is 0 Å². The van der Waals surface area contributed by atoms with Crippen molar-refractivity contribution in [2.75, 3.05) is 6.54 Å². The summed E-state index contributed by atoms with van der Waals surface area (Å²) in [6.45, 7) is 8.58. The lowest BCUT2D eigenvalue weighted by Crippen LogP contribution is -2.53. The van der Waals surface area contributed by atoms with E-state index in [2.05, 4.69) is 36.0 Å². The number of hydrogen-bond acceptors (Lipinski definition) is 2. The molecular formula is C19H24N2O. The van der Waals surface area contributed by atoms with Gasteiger partial charge in [-0.1, -0.05) is 30.9 Å². The molecule has 3 heteroatoms. The number of aromatic amines is 1. The molecule has 0 fully saturated rings. The van der Waals surface area contributed by atoms with Crippen LogP contribution in [-0.2, 0) is 12.8 Å². The van der Waals surface area contributed by atoms with E-state index < -0.39 is 5.60 Å². The Morgan fingerprint density at radius 1 is 1.50 bits per heavy atom. The summed E-state index contributed by atoms with van der Waals surface area (Å²) < 4.78 is 0. The quantitative estimate of drug-likeness (QED) is 0.839. The van der Waals surface area contributed by atoms with Crippen LogP contribution in [0.4, 0.5) is 0 Å². The SMILES string of the molecule is C=C(C)N1C=CC2Cc3[nH]c(/C=C\C=C/C)cc3CC2(O)C1. The van der Waals surface area contributed by atoms with Crippen molar-refractivity contribution in [1.82, 2.24) is 9.88 Å². The normalized spacial score (nSPS) is 27.4. The van der Waals surface area contributed by atoms with Crippen LogP contribution in [0.2, 0.25) is 0 Å². The average molecular weight is 296 g/mol. The maximum atomic E-state index is 11.1. The molecule has 116 valence electrons. The van der Waals surface area contributed by atoms with Crippen molar-refractivity contribution >= 4 is 6.08 Å². The number of fused-ring (bicyclic) bond motifs is 2. The summed E-state index contributed by atoms with van der Waals surface area (Å²) in [7, 11) is 0. The van der Waals surface area contributed by atoms with E-state index in [1.807, 2.05) is 37.0 Å². The molecule has 0 spiro atoms. The summed E-state index contributed by atoms with van der Waals surface area (Å²) in [6, 6.07) is 2.16. The van der Waals surface area contributed by atoms with Gasteiger partial charge in [-0.05, 0) is 38.0 Å². The minimum atomic E-state index is -0.701. The van der Waals surface area contributed by atoms with Crippen molar-refractivity contribution in [2.24, 2.45) is 5.92 Å². The fraction of sp³-hybridized carbons (Fsp3) is 0.368. The van der Waals surface area contributed by atoms with Gasteiger partial charge in [0, 0.05) is 35.6 Å². The molecule has 2 atom stereocenters. The maximum absolute atomic E-state index is 11.1. The minimum absolute atomic E-state index is 0.168. The Hall–Kier alpha value is -2.00. The van der Waals surface area contributed by atoms with Gasteiger partial charge in [-0.2, -0.15) is 0 Å². The second-order valence-corrected chi connectivity index (χ2v) is 6.41. The topological polar surface area (TPSA) is 39.3 Å². The van der Waals surface area contributed by atoms with Gasteiger partial charge in [0.1, 0.15) is 0 Å². The van der Waals surface area contributed by atoms with E-state index in [0.717, 1.165) is 17.8 Å². The van der Waals surface area contributed by atoms with E-state index in [0.29, 0.717) is 13.0 Å². The summed E-state index contributed by atoms with van der Waals surface area (Å²) in [6.07, 6.45) is 13.9. The van der Waals surface area contributed by atoms with Crippen LogP contribution >= 0.6 is 0 Å². The van der Waals surface area contributed by atoms with Crippen LogP contribution in [0.25, 0.3) is 6.08 Å². The first-order valence-corrected chi connectivity index (χ1v) is 7.85. The number of β-amino-alcohol motifs (C(OH)–C–C–N with tert-alkyl or cyclic N) is 1. The number of H-pyrrole nitrogens is 1. The molecule has 1 aliphatic heterocycles. The Labute approximate surface area is 132 Å². The summed E-state index contributed by atoms with van der Waals surface area (Å²) >= 11 is 0. The highest BCUT2D eigenvalue weighted by Crippen LogP contribution is 2.38. The highest BCUT2D eigenvalue weighted by atomic mass is 16.3. The largest absolute Gasteiger partial charge is 0.387 e. The predicted octanol–water partition coefficient (Wildman–Crippen LogP) is 3.41. The Balaban J connectivity index is 1.85. The summed E-state index contributed by atoms with van der Waals surface area (Å²) in [5, 5.41) is 11.1. The third kappa shape index (κ3) is 2.69. The number of nitrogens with zero attached hydrogens (tertiary/aromatic N) is 1. The van der Waals surface area contributed by atoms with Crippen LogP contribution in [0.15, 0.2) is 48.8 Å². The number of hydrogen-bond donors (Lipinski definition) is 2. The summed E-state index contributed by atoms with van der Waals surface area (Å²) in [5.74, 6) is 0.168. The lowest BCUT2D eigenvalue weighted by molar-refractivity contribution is -0.0301. The van der Waals surface area contributed by atoms with Gasteiger partial charge < -0.3 is 15.0 Å². The van der Waals surface area contributed by atoms with Crippen LogP contribution in [0.1, 0.15) is 30.8 Å². The fourth-order valence-corrected chi connectivity index (χ4v) is 3.37. The first-order valence-electron chi connectivity index (χ1n) is 7.85. The zero-order valence-electron chi connectivity index (χ0n) is 13.3. The Morgan fingerprint density at radius 3 is 3.05 bits per heavy atom. The molecule has 3 rings (SSSR count). The van der Waals surface area contributed by atoms with Gasteiger partial charge in [-0.25, -0.2) is 0 Å². The smallest absolute Gasteiger partial charge is 0.0932 e. The van der Waals surface area contributed by atoms with E-state index in [9.17, 15) is 5.11 Å². The van der Waals surface area contributed by atoms with Gasteiger partial charge in [0.25, 0.3) is 0 Å². The zero-order chi connectivity index (χ0) is 15.7. The molecular weight excluding hydrogens is 272 g/mol. The third-order valence-corrected chi connectivity index (χ3v) is 4.64. The molecule has 0 saturated heterocycles. The molecule has 1 aromatic rings. The average Bonchev–Trinajstić information content (AvgIpc) is 2.84. The van der Waals surface area contributed by atoms with E-state index in [1.54, 1.807) is 0 Å². The van der Waals surface area contributed by atoms with Gasteiger partial charge in [0.05, 0.1) is 12.1 Å². The van der Waals surface area contributed by atoms with Crippen molar-refractivity contribution in [2.45, 2.75) is 32.3 Å². The van der Waals surface area contributed by atoms with E-state index in [-0.39, 0.29) is 5.92 Å². The Kier molecular flexibility index (Phi) is 3.83. The van der Waals surface area contributed by atoms with Gasteiger partial charge in [-0.3, -0.25) is 0 Å². The first kappa shape index (κ1) is 14.9. The van der Waals surface area contributed by atoms with Crippen LogP contribution < -0.4 is 0 Å². The molecule has 0 aromatic carbocycles. The van der Waals surface area contributed by atoms with Crippen LogP contribution in [-0.4, -0.2) is 27.1 Å². The highest BCUT2D eigenvalue weighted by Gasteiger charge is 2.43. The van der Waals surface area contributed by atoms with Crippen molar-refractivity contribution in [3.8, 4) is 0 Å². The van der Waals surface area contributed by atoms with Gasteiger partial charge in [0.15, 0.2) is 0 Å². The highest BCUT2D eigenvalue weighted by molar-refractivity contribution is 5.51. The van der Waals surface area contributed by atoms with Crippen molar-refractivity contribution in [3.63, 3.8) is 0 Å². The molecule has 22 heavy (non-hydrogen) atoms. The monoisotopic (exact) mass is 296 g/mol. The van der Waals surface area contributed by atoms with E-state index in [4.69, 9.17) is 0 Å². The number of aromatic nitrogens is 1. The molecule has 3 nitrogen and oxygen atoms in total. The van der Waals surface area contributed by atoms with Crippen molar-refractivity contribution in [3.05, 3.63) is 65.8 Å². The van der Waals surface area contributed by atoms with Crippen LogP contribution in [0.5, 0.6) is 0 Å². The number of rotatable bonds is 3. The number of allylic oxidation sites excluding steroid dienone is 4. The molecule has 2 unspecified atom stereocenters. The molecule has 0 radical (unpaired) electrons. The number of nitrogens with one attached hydrogen (secondary N) is 1. The number of aliphatic hydroxyl groups is 1. The zero-order valence-corrected chi connectivity index (χ0v) is 13.3. The molecule has 1 aromatic heterocycles. The van der Waals surface area contributed by atoms with Gasteiger partial charge in [-0.15, -0.1) is 0 Å². The van der Waals surface area contributed by atoms with Crippen LogP contribution in [0, 0.1) is 5.92 Å². The molecule has 1 aliphatic carbocycles. The molecule has 2 aliphatic rings. The van der Waals surface area contributed by atoms with Gasteiger partial charge in [0.2, 0.25) is 0 Å². The Bertz CT molecular complexity index is 665. The predicted molar refractivity (Wildman–Crippen MR) is 91.1 cm³/mol. The van der Waals surface area contributed by atoms with E-state index >= 15 is 0 Å². The second kappa shape index (κ2) is 5.65.